The second kappa shape index (κ2) is 6.62. The first kappa shape index (κ1) is 10.9. The highest BCUT2D eigenvalue weighted by Gasteiger charge is 2.05. The summed E-state index contributed by atoms with van der Waals surface area (Å²) in [5.41, 5.74) is 0. The van der Waals surface area contributed by atoms with Gasteiger partial charge in [-0.3, -0.25) is 0 Å². The second-order valence-electron chi connectivity index (χ2n) is 2.91. The summed E-state index contributed by atoms with van der Waals surface area (Å²) in [4.78, 5) is 0. The topological polar surface area (TPSA) is 29.5 Å². The van der Waals surface area contributed by atoms with Gasteiger partial charge in [-0.15, -0.1) is 0 Å². The van der Waals surface area contributed by atoms with Crippen molar-refractivity contribution in [3.05, 3.63) is 0 Å². The van der Waals surface area contributed by atoms with Gasteiger partial charge in [0.2, 0.25) is 0 Å². The van der Waals surface area contributed by atoms with Gasteiger partial charge in [0, 0.05) is 6.61 Å². The summed E-state index contributed by atoms with van der Waals surface area (Å²) in [6.07, 6.45) is 2.82. The quantitative estimate of drug-likeness (QED) is 0.643. The van der Waals surface area contributed by atoms with E-state index in [2.05, 4.69) is 0 Å². The fraction of sp³-hybridized carbons (Fsp3) is 1.00. The molecule has 0 amide bonds. The van der Waals surface area contributed by atoms with Crippen LogP contribution in [0, 0.1) is 0 Å². The van der Waals surface area contributed by atoms with Gasteiger partial charge in [-0.2, -0.15) is 0 Å². The minimum absolute atomic E-state index is 0.141. The maximum absolute atomic E-state index is 9.22. The zero-order valence-corrected chi connectivity index (χ0v) is 7.84. The monoisotopic (exact) mass is 160 g/mol. The highest BCUT2D eigenvalue weighted by atomic mass is 16.5. The molecule has 2 unspecified atom stereocenters. The van der Waals surface area contributed by atoms with Crippen LogP contribution in [0.1, 0.15) is 40.0 Å². The van der Waals surface area contributed by atoms with E-state index in [0.717, 1.165) is 25.9 Å². The van der Waals surface area contributed by atoms with Crippen molar-refractivity contribution < 1.29 is 9.84 Å². The Kier molecular flexibility index (Phi) is 6.57. The summed E-state index contributed by atoms with van der Waals surface area (Å²) in [6, 6.07) is 0. The smallest absolute Gasteiger partial charge is 0.0547 e. The molecular weight excluding hydrogens is 140 g/mol. The van der Waals surface area contributed by atoms with Gasteiger partial charge in [0.25, 0.3) is 0 Å². The van der Waals surface area contributed by atoms with Crippen molar-refractivity contribution in [2.45, 2.75) is 52.2 Å². The number of ether oxygens (including phenoxy) is 1. The molecule has 0 bridgehead atoms. The molecular formula is C9H20O2. The van der Waals surface area contributed by atoms with Gasteiger partial charge >= 0.3 is 0 Å². The van der Waals surface area contributed by atoms with Crippen LogP contribution in [0.5, 0.6) is 0 Å². The van der Waals surface area contributed by atoms with E-state index in [-0.39, 0.29) is 6.10 Å². The third-order valence-electron chi connectivity index (χ3n) is 1.83. The number of hydrogen-bond donors (Lipinski definition) is 1. The molecule has 0 aliphatic carbocycles. The molecule has 0 saturated heterocycles. The predicted octanol–water partition coefficient (Wildman–Crippen LogP) is 1.96. The van der Waals surface area contributed by atoms with E-state index in [9.17, 15) is 5.11 Å². The molecule has 0 spiro atoms. The minimum Gasteiger partial charge on any atom is -0.393 e. The van der Waals surface area contributed by atoms with E-state index in [1.807, 2.05) is 20.8 Å². The average molecular weight is 160 g/mol. The zero-order valence-electron chi connectivity index (χ0n) is 7.84. The van der Waals surface area contributed by atoms with Gasteiger partial charge in [-0.05, 0) is 33.1 Å². The molecule has 0 aromatic rings. The van der Waals surface area contributed by atoms with Gasteiger partial charge in [0.1, 0.15) is 0 Å². The van der Waals surface area contributed by atoms with Crippen molar-refractivity contribution in [1.29, 1.82) is 0 Å². The molecule has 11 heavy (non-hydrogen) atoms. The van der Waals surface area contributed by atoms with Crippen molar-refractivity contribution in [2.24, 2.45) is 0 Å². The minimum atomic E-state index is -0.141. The fourth-order valence-corrected chi connectivity index (χ4v) is 0.999. The van der Waals surface area contributed by atoms with Crippen LogP contribution in [-0.2, 0) is 4.74 Å². The summed E-state index contributed by atoms with van der Waals surface area (Å²) >= 11 is 0. The normalized spacial score (nSPS) is 16.4. The Balaban J connectivity index is 3.22. The highest BCUT2D eigenvalue weighted by molar-refractivity contribution is 4.56. The molecule has 0 radical (unpaired) electrons. The Labute approximate surface area is 69.6 Å². The van der Waals surface area contributed by atoms with E-state index in [1.54, 1.807) is 0 Å². The Morgan fingerprint density at radius 3 is 2.36 bits per heavy atom. The van der Waals surface area contributed by atoms with Crippen LogP contribution in [0.15, 0.2) is 0 Å². The summed E-state index contributed by atoms with van der Waals surface area (Å²) in [6.45, 7) is 6.80. The average Bonchev–Trinajstić information content (AvgIpc) is 2.01. The van der Waals surface area contributed by atoms with E-state index < -0.39 is 0 Å². The van der Waals surface area contributed by atoms with Gasteiger partial charge in [0.15, 0.2) is 0 Å². The summed E-state index contributed by atoms with van der Waals surface area (Å²) in [5.74, 6) is 0. The molecule has 2 heteroatoms. The van der Waals surface area contributed by atoms with E-state index >= 15 is 0 Å². The first-order chi connectivity index (χ1) is 5.20. The molecule has 0 saturated carbocycles. The van der Waals surface area contributed by atoms with Crippen LogP contribution in [0.3, 0.4) is 0 Å². The number of rotatable bonds is 6. The summed E-state index contributed by atoms with van der Waals surface area (Å²) in [7, 11) is 0. The largest absolute Gasteiger partial charge is 0.393 e. The molecule has 2 nitrogen and oxygen atoms in total. The predicted molar refractivity (Wildman–Crippen MR) is 46.6 cm³/mol. The number of aliphatic hydroxyl groups is 1. The van der Waals surface area contributed by atoms with Gasteiger partial charge in [-0.1, -0.05) is 6.92 Å². The van der Waals surface area contributed by atoms with Gasteiger partial charge in [-0.25, -0.2) is 0 Å². The van der Waals surface area contributed by atoms with Crippen molar-refractivity contribution in [3.63, 3.8) is 0 Å². The molecule has 0 rings (SSSR count). The Morgan fingerprint density at radius 1 is 1.27 bits per heavy atom. The summed E-state index contributed by atoms with van der Waals surface area (Å²) in [5, 5.41) is 9.22. The first-order valence-corrected chi connectivity index (χ1v) is 4.50. The lowest BCUT2D eigenvalue weighted by Gasteiger charge is -2.13. The highest BCUT2D eigenvalue weighted by Crippen LogP contribution is 2.06. The second-order valence-corrected chi connectivity index (χ2v) is 2.91. The molecule has 0 aromatic carbocycles. The molecule has 1 N–H and O–H groups in total. The number of hydrogen-bond acceptors (Lipinski definition) is 2. The zero-order chi connectivity index (χ0) is 8.69. The Hall–Kier alpha value is -0.0800. The fourth-order valence-electron chi connectivity index (χ4n) is 0.999. The molecule has 0 aromatic heterocycles. The molecule has 0 aliphatic rings. The van der Waals surface area contributed by atoms with Gasteiger partial charge < -0.3 is 9.84 Å². The standard InChI is InChI=1S/C9H20O2/c1-4-9(10)7-6-8(3)11-5-2/h8-10H,4-7H2,1-3H3. The number of aliphatic hydroxyl groups excluding tert-OH is 1. The van der Waals surface area contributed by atoms with Crippen molar-refractivity contribution in [2.75, 3.05) is 6.61 Å². The van der Waals surface area contributed by atoms with Crippen LogP contribution < -0.4 is 0 Å². The van der Waals surface area contributed by atoms with Crippen LogP contribution in [-0.4, -0.2) is 23.9 Å². The third kappa shape index (κ3) is 6.32. The lowest BCUT2D eigenvalue weighted by molar-refractivity contribution is 0.0541. The summed E-state index contributed by atoms with van der Waals surface area (Å²) < 4.78 is 5.33. The SMILES string of the molecule is CCOC(C)CCC(O)CC. The molecule has 68 valence electrons. The first-order valence-electron chi connectivity index (χ1n) is 4.50. The molecule has 0 aliphatic heterocycles. The third-order valence-corrected chi connectivity index (χ3v) is 1.83. The van der Waals surface area contributed by atoms with Gasteiger partial charge in [0.05, 0.1) is 12.2 Å². The molecule has 0 heterocycles. The maximum Gasteiger partial charge on any atom is 0.0547 e. The van der Waals surface area contributed by atoms with E-state index in [1.165, 1.54) is 0 Å². The molecule has 0 fully saturated rings. The maximum atomic E-state index is 9.22. The van der Waals surface area contributed by atoms with Crippen LogP contribution >= 0.6 is 0 Å². The lowest BCUT2D eigenvalue weighted by Crippen LogP contribution is -2.12. The molecule has 2 atom stereocenters. The Bertz CT molecular complexity index is 83.6. The van der Waals surface area contributed by atoms with Crippen molar-refractivity contribution in [1.82, 2.24) is 0 Å². The van der Waals surface area contributed by atoms with Crippen LogP contribution in [0.4, 0.5) is 0 Å². The lowest BCUT2D eigenvalue weighted by atomic mass is 10.1. The van der Waals surface area contributed by atoms with E-state index in [4.69, 9.17) is 4.74 Å². The van der Waals surface area contributed by atoms with Crippen molar-refractivity contribution >= 4 is 0 Å². The van der Waals surface area contributed by atoms with Crippen LogP contribution in [0.2, 0.25) is 0 Å². The van der Waals surface area contributed by atoms with E-state index in [0.29, 0.717) is 6.10 Å². The van der Waals surface area contributed by atoms with Crippen molar-refractivity contribution in [3.8, 4) is 0 Å². The van der Waals surface area contributed by atoms with Crippen LogP contribution in [0.25, 0.3) is 0 Å². The Morgan fingerprint density at radius 2 is 1.91 bits per heavy atom.